The van der Waals surface area contributed by atoms with E-state index in [2.05, 4.69) is 49.9 Å². The van der Waals surface area contributed by atoms with E-state index in [1.807, 2.05) is 6.08 Å². The van der Waals surface area contributed by atoms with Gasteiger partial charge in [-0.1, -0.05) is 42.5 Å². The van der Waals surface area contributed by atoms with Crippen LogP contribution < -0.4 is 0 Å². The van der Waals surface area contributed by atoms with E-state index in [0.717, 1.165) is 18.3 Å². The molecular weight excluding hydrogens is 216 g/mol. The average Bonchev–Trinajstić information content (AvgIpc) is 2.41. The zero-order valence-corrected chi connectivity index (χ0v) is 11.4. The molecule has 0 heteroatoms. The van der Waals surface area contributed by atoms with E-state index in [1.54, 1.807) is 0 Å². The number of rotatable bonds is 4. The Bertz CT molecular complexity index is 389. The minimum atomic E-state index is 0.782. The molecule has 18 heavy (non-hydrogen) atoms. The highest BCUT2D eigenvalue weighted by Gasteiger charge is 2.20. The lowest BCUT2D eigenvalue weighted by Gasteiger charge is -2.27. The van der Waals surface area contributed by atoms with E-state index in [0.29, 0.717) is 0 Å². The van der Waals surface area contributed by atoms with Gasteiger partial charge in [0.05, 0.1) is 0 Å². The maximum absolute atomic E-state index is 3.79. The quantitative estimate of drug-likeness (QED) is 0.629. The van der Waals surface area contributed by atoms with Gasteiger partial charge in [0.25, 0.3) is 0 Å². The van der Waals surface area contributed by atoms with E-state index in [4.69, 9.17) is 0 Å². The fraction of sp³-hybridized carbons (Fsp3) is 0.444. The number of allylic oxidation sites excluding steroid dienone is 3. The summed E-state index contributed by atoms with van der Waals surface area (Å²) in [4.78, 5) is 0. The van der Waals surface area contributed by atoms with Gasteiger partial charge in [-0.25, -0.2) is 0 Å². The molecule has 0 amide bonds. The fourth-order valence-corrected chi connectivity index (χ4v) is 3.01. The molecule has 1 aromatic carbocycles. The molecule has 0 radical (unpaired) electrons. The molecule has 0 aliphatic heterocycles. The first-order chi connectivity index (χ1) is 8.83. The highest BCUT2D eigenvalue weighted by atomic mass is 14.2. The van der Waals surface area contributed by atoms with Crippen LogP contribution in [0.25, 0.3) is 0 Å². The van der Waals surface area contributed by atoms with Crippen molar-refractivity contribution in [1.29, 1.82) is 0 Å². The first-order valence-corrected chi connectivity index (χ1v) is 7.16. The van der Waals surface area contributed by atoms with Crippen LogP contribution in [0.15, 0.2) is 49.1 Å². The van der Waals surface area contributed by atoms with Crippen molar-refractivity contribution in [2.45, 2.75) is 44.9 Å². The van der Waals surface area contributed by atoms with E-state index in [1.165, 1.54) is 36.8 Å². The molecule has 1 aromatic rings. The minimum absolute atomic E-state index is 0.782. The summed E-state index contributed by atoms with van der Waals surface area (Å²) in [5.41, 5.74) is 2.90. The molecule has 0 unspecified atom stereocenters. The molecule has 1 saturated carbocycles. The van der Waals surface area contributed by atoms with Gasteiger partial charge in [0.2, 0.25) is 0 Å². The van der Waals surface area contributed by atoms with E-state index in [9.17, 15) is 0 Å². The Morgan fingerprint density at radius 2 is 1.78 bits per heavy atom. The molecule has 0 spiro atoms. The van der Waals surface area contributed by atoms with Crippen LogP contribution in [0, 0.1) is 5.92 Å². The van der Waals surface area contributed by atoms with Crippen molar-refractivity contribution in [3.63, 3.8) is 0 Å². The Balaban J connectivity index is 1.94. The van der Waals surface area contributed by atoms with Crippen LogP contribution in [0.1, 0.15) is 49.7 Å². The second kappa shape index (κ2) is 6.58. The minimum Gasteiger partial charge on any atom is -0.103 e. The summed E-state index contributed by atoms with van der Waals surface area (Å²) in [5, 5.41) is 0. The summed E-state index contributed by atoms with van der Waals surface area (Å²) in [6.07, 6.45) is 12.9. The van der Waals surface area contributed by atoms with Crippen LogP contribution in [0.4, 0.5) is 0 Å². The van der Waals surface area contributed by atoms with Gasteiger partial charge in [0.1, 0.15) is 0 Å². The van der Waals surface area contributed by atoms with Crippen molar-refractivity contribution in [2.24, 2.45) is 5.92 Å². The number of hydrogen-bond acceptors (Lipinski definition) is 0. The van der Waals surface area contributed by atoms with Crippen LogP contribution in [0.2, 0.25) is 0 Å². The van der Waals surface area contributed by atoms with E-state index < -0.39 is 0 Å². The first kappa shape index (κ1) is 13.1. The average molecular weight is 240 g/mol. The van der Waals surface area contributed by atoms with Crippen molar-refractivity contribution in [1.82, 2.24) is 0 Å². The van der Waals surface area contributed by atoms with Crippen LogP contribution in [0.5, 0.6) is 0 Å². The van der Waals surface area contributed by atoms with Crippen LogP contribution in [-0.2, 0) is 6.42 Å². The molecule has 0 bridgehead atoms. The van der Waals surface area contributed by atoms with Crippen molar-refractivity contribution in [3.05, 3.63) is 60.2 Å². The lowest BCUT2D eigenvalue weighted by molar-refractivity contribution is 0.375. The standard InChI is InChI=1S/C18H24/c1-3-5-15-7-11-17(12-8-15)18-13-9-16(6-4-2)10-14-18/h3-4,6-8,11-12,16,18H,1,5,9-10,13-14H2,2H3. The summed E-state index contributed by atoms with van der Waals surface area (Å²) in [6.45, 7) is 5.92. The molecule has 0 nitrogen and oxygen atoms in total. The zero-order chi connectivity index (χ0) is 12.8. The maximum atomic E-state index is 3.79. The summed E-state index contributed by atoms with van der Waals surface area (Å²) >= 11 is 0. The molecule has 1 aliphatic rings. The van der Waals surface area contributed by atoms with Gasteiger partial charge < -0.3 is 0 Å². The van der Waals surface area contributed by atoms with Gasteiger partial charge in [-0.05, 0) is 62.0 Å². The fourth-order valence-electron chi connectivity index (χ4n) is 3.01. The van der Waals surface area contributed by atoms with Gasteiger partial charge in [0.15, 0.2) is 0 Å². The number of benzene rings is 1. The zero-order valence-electron chi connectivity index (χ0n) is 11.4. The molecule has 0 atom stereocenters. The summed E-state index contributed by atoms with van der Waals surface area (Å²) < 4.78 is 0. The second-order valence-electron chi connectivity index (χ2n) is 5.37. The Morgan fingerprint density at radius 1 is 1.11 bits per heavy atom. The first-order valence-electron chi connectivity index (χ1n) is 7.16. The normalized spacial score (nSPS) is 24.3. The third-order valence-corrected chi connectivity index (χ3v) is 4.07. The van der Waals surface area contributed by atoms with Gasteiger partial charge in [-0.2, -0.15) is 0 Å². The van der Waals surface area contributed by atoms with Gasteiger partial charge in [0, 0.05) is 0 Å². The molecule has 0 N–H and O–H groups in total. The molecule has 1 fully saturated rings. The molecule has 2 rings (SSSR count). The Kier molecular flexibility index (Phi) is 4.81. The van der Waals surface area contributed by atoms with Gasteiger partial charge in [-0.15, -0.1) is 6.58 Å². The summed E-state index contributed by atoms with van der Waals surface area (Å²) in [5.74, 6) is 1.61. The van der Waals surface area contributed by atoms with Gasteiger partial charge in [-0.3, -0.25) is 0 Å². The molecule has 0 heterocycles. The Hall–Kier alpha value is -1.30. The van der Waals surface area contributed by atoms with Crippen molar-refractivity contribution in [2.75, 3.05) is 0 Å². The smallest absolute Gasteiger partial charge is 0.0100 e. The SMILES string of the molecule is C=CCc1ccc(C2CCC(C=CC)CC2)cc1. The van der Waals surface area contributed by atoms with Crippen LogP contribution >= 0.6 is 0 Å². The lowest BCUT2D eigenvalue weighted by atomic mass is 9.78. The maximum Gasteiger partial charge on any atom is -0.0100 e. The van der Waals surface area contributed by atoms with Crippen LogP contribution in [0.3, 0.4) is 0 Å². The largest absolute Gasteiger partial charge is 0.103 e. The Labute approximate surface area is 111 Å². The molecule has 0 aromatic heterocycles. The van der Waals surface area contributed by atoms with Crippen molar-refractivity contribution in [3.8, 4) is 0 Å². The third kappa shape index (κ3) is 3.35. The highest BCUT2D eigenvalue weighted by molar-refractivity contribution is 5.27. The summed E-state index contributed by atoms with van der Waals surface area (Å²) in [7, 11) is 0. The second-order valence-corrected chi connectivity index (χ2v) is 5.37. The van der Waals surface area contributed by atoms with E-state index in [-0.39, 0.29) is 0 Å². The molecule has 0 saturated heterocycles. The van der Waals surface area contributed by atoms with E-state index >= 15 is 0 Å². The summed E-state index contributed by atoms with van der Waals surface area (Å²) in [6, 6.07) is 9.16. The monoisotopic (exact) mass is 240 g/mol. The van der Waals surface area contributed by atoms with Gasteiger partial charge >= 0.3 is 0 Å². The molecular formula is C18H24. The predicted molar refractivity (Wildman–Crippen MR) is 79.9 cm³/mol. The lowest BCUT2D eigenvalue weighted by Crippen LogP contribution is -2.11. The van der Waals surface area contributed by atoms with Crippen molar-refractivity contribution >= 4 is 0 Å². The predicted octanol–water partition coefficient (Wildman–Crippen LogP) is 5.27. The molecule has 96 valence electrons. The number of hydrogen-bond donors (Lipinski definition) is 0. The Morgan fingerprint density at radius 3 is 2.33 bits per heavy atom. The van der Waals surface area contributed by atoms with Crippen LogP contribution in [-0.4, -0.2) is 0 Å². The van der Waals surface area contributed by atoms with Crippen molar-refractivity contribution < 1.29 is 0 Å². The molecule has 1 aliphatic carbocycles. The highest BCUT2D eigenvalue weighted by Crippen LogP contribution is 2.36. The topological polar surface area (TPSA) is 0 Å². The third-order valence-electron chi connectivity index (χ3n) is 4.07.